The van der Waals surface area contributed by atoms with Crippen molar-refractivity contribution >= 4 is 0 Å². The predicted molar refractivity (Wildman–Crippen MR) is 79.9 cm³/mol. The molecule has 0 aliphatic rings. The molecule has 1 aromatic heterocycles. The summed E-state index contributed by atoms with van der Waals surface area (Å²) in [5.41, 5.74) is 1.05. The quantitative estimate of drug-likeness (QED) is 0.707. The maximum Gasteiger partial charge on any atom is 0.0964 e. The van der Waals surface area contributed by atoms with Crippen molar-refractivity contribution in [2.45, 2.75) is 66.5 Å². The Kier molecular flexibility index (Phi) is 7.72. The number of hydrogen-bond donors (Lipinski definition) is 1. The maximum absolute atomic E-state index is 4.24. The standard InChI is InChI=1S/C15H30N4/c1-5-7-8-14(6-2)11-19-12-15(17-18-19)10-16-9-13(3)4/h12-14,16H,5-11H2,1-4H3. The van der Waals surface area contributed by atoms with Crippen molar-refractivity contribution in [3.05, 3.63) is 11.9 Å². The minimum Gasteiger partial charge on any atom is -0.311 e. The fourth-order valence-electron chi connectivity index (χ4n) is 2.18. The Hall–Kier alpha value is -0.900. The zero-order valence-electron chi connectivity index (χ0n) is 13.0. The van der Waals surface area contributed by atoms with Gasteiger partial charge in [-0.25, -0.2) is 0 Å². The Morgan fingerprint density at radius 3 is 2.74 bits per heavy atom. The van der Waals surface area contributed by atoms with E-state index in [0.29, 0.717) is 5.92 Å². The lowest BCUT2D eigenvalue weighted by Gasteiger charge is -2.13. The molecule has 1 heterocycles. The fraction of sp³-hybridized carbons (Fsp3) is 0.867. The van der Waals surface area contributed by atoms with Gasteiger partial charge in [0, 0.05) is 19.3 Å². The molecule has 19 heavy (non-hydrogen) atoms. The van der Waals surface area contributed by atoms with Crippen LogP contribution in [0.15, 0.2) is 6.20 Å². The summed E-state index contributed by atoms with van der Waals surface area (Å²) in [5, 5.41) is 11.9. The molecule has 4 nitrogen and oxygen atoms in total. The lowest BCUT2D eigenvalue weighted by Crippen LogP contribution is -2.19. The normalized spacial score (nSPS) is 13.1. The summed E-state index contributed by atoms with van der Waals surface area (Å²) < 4.78 is 2.01. The Labute approximate surface area is 118 Å². The second kappa shape index (κ2) is 9.08. The maximum atomic E-state index is 4.24. The molecule has 110 valence electrons. The van der Waals surface area contributed by atoms with Crippen LogP contribution in [0.4, 0.5) is 0 Å². The Morgan fingerprint density at radius 1 is 1.32 bits per heavy atom. The predicted octanol–water partition coefficient (Wildman–Crippen LogP) is 3.24. The number of nitrogens with one attached hydrogen (secondary N) is 1. The number of hydrogen-bond acceptors (Lipinski definition) is 3. The number of nitrogens with zero attached hydrogens (tertiary/aromatic N) is 3. The number of rotatable bonds is 10. The molecule has 1 unspecified atom stereocenters. The molecule has 0 aromatic carbocycles. The van der Waals surface area contributed by atoms with Gasteiger partial charge in [0.1, 0.15) is 0 Å². The van der Waals surface area contributed by atoms with E-state index >= 15 is 0 Å². The summed E-state index contributed by atoms with van der Waals surface area (Å²) in [6, 6.07) is 0. The molecule has 4 heteroatoms. The third kappa shape index (κ3) is 6.71. The average molecular weight is 266 g/mol. The van der Waals surface area contributed by atoms with Crippen LogP contribution >= 0.6 is 0 Å². The number of unbranched alkanes of at least 4 members (excludes halogenated alkanes) is 1. The van der Waals surface area contributed by atoms with Crippen LogP contribution in [-0.4, -0.2) is 21.5 Å². The van der Waals surface area contributed by atoms with Crippen molar-refractivity contribution < 1.29 is 0 Å². The molecule has 0 saturated carbocycles. The van der Waals surface area contributed by atoms with Crippen LogP contribution in [0.2, 0.25) is 0 Å². The van der Waals surface area contributed by atoms with Gasteiger partial charge in [-0.05, 0) is 24.8 Å². The van der Waals surface area contributed by atoms with Gasteiger partial charge in [-0.15, -0.1) is 5.10 Å². The molecule has 0 aliphatic carbocycles. The Bertz CT molecular complexity index is 333. The molecular weight excluding hydrogens is 236 g/mol. The van der Waals surface area contributed by atoms with Gasteiger partial charge in [0.15, 0.2) is 0 Å². The lowest BCUT2D eigenvalue weighted by molar-refractivity contribution is 0.368. The third-order valence-electron chi connectivity index (χ3n) is 3.43. The molecular formula is C15H30N4. The van der Waals surface area contributed by atoms with Crippen LogP contribution in [0.3, 0.4) is 0 Å². The fourth-order valence-corrected chi connectivity index (χ4v) is 2.18. The molecule has 0 saturated heterocycles. The van der Waals surface area contributed by atoms with Gasteiger partial charge in [-0.1, -0.05) is 52.2 Å². The van der Waals surface area contributed by atoms with Gasteiger partial charge < -0.3 is 5.32 Å². The summed E-state index contributed by atoms with van der Waals surface area (Å²) in [6.45, 7) is 11.8. The van der Waals surface area contributed by atoms with Crippen LogP contribution in [0.5, 0.6) is 0 Å². The molecule has 1 atom stereocenters. The highest BCUT2D eigenvalue weighted by atomic mass is 15.4. The van der Waals surface area contributed by atoms with E-state index in [0.717, 1.165) is 31.2 Å². The first-order valence-electron chi connectivity index (χ1n) is 7.75. The van der Waals surface area contributed by atoms with E-state index in [1.54, 1.807) is 0 Å². The van der Waals surface area contributed by atoms with E-state index in [4.69, 9.17) is 0 Å². The monoisotopic (exact) mass is 266 g/mol. The first kappa shape index (κ1) is 16.2. The zero-order chi connectivity index (χ0) is 14.1. The van der Waals surface area contributed by atoms with Gasteiger partial charge in [-0.2, -0.15) is 0 Å². The van der Waals surface area contributed by atoms with Crippen molar-refractivity contribution in [2.75, 3.05) is 6.54 Å². The van der Waals surface area contributed by atoms with E-state index in [-0.39, 0.29) is 0 Å². The highest BCUT2D eigenvalue weighted by molar-refractivity contribution is 4.91. The van der Waals surface area contributed by atoms with Crippen LogP contribution in [-0.2, 0) is 13.1 Å². The van der Waals surface area contributed by atoms with Crippen molar-refractivity contribution in [3.8, 4) is 0 Å². The van der Waals surface area contributed by atoms with E-state index in [9.17, 15) is 0 Å². The smallest absolute Gasteiger partial charge is 0.0964 e. The van der Waals surface area contributed by atoms with E-state index in [1.165, 1.54) is 25.7 Å². The first-order chi connectivity index (χ1) is 9.15. The second-order valence-electron chi connectivity index (χ2n) is 5.87. The summed E-state index contributed by atoms with van der Waals surface area (Å²) in [5.74, 6) is 1.41. The van der Waals surface area contributed by atoms with Crippen LogP contribution in [0, 0.1) is 11.8 Å². The molecule has 0 fully saturated rings. The molecule has 1 N–H and O–H groups in total. The highest BCUT2D eigenvalue weighted by Gasteiger charge is 2.08. The third-order valence-corrected chi connectivity index (χ3v) is 3.43. The van der Waals surface area contributed by atoms with Gasteiger partial charge in [0.25, 0.3) is 0 Å². The van der Waals surface area contributed by atoms with Gasteiger partial charge in [0.2, 0.25) is 0 Å². The van der Waals surface area contributed by atoms with Crippen molar-refractivity contribution in [1.82, 2.24) is 20.3 Å². The Balaban J connectivity index is 2.36. The zero-order valence-corrected chi connectivity index (χ0v) is 13.0. The first-order valence-corrected chi connectivity index (χ1v) is 7.75. The molecule has 1 aromatic rings. The molecule has 0 bridgehead atoms. The SMILES string of the molecule is CCCCC(CC)Cn1cc(CNCC(C)C)nn1. The molecule has 0 amide bonds. The minimum atomic E-state index is 0.675. The van der Waals surface area contributed by atoms with Crippen LogP contribution in [0.25, 0.3) is 0 Å². The number of aromatic nitrogens is 3. The lowest BCUT2D eigenvalue weighted by atomic mass is 9.99. The Morgan fingerprint density at radius 2 is 2.11 bits per heavy atom. The summed E-state index contributed by atoms with van der Waals surface area (Å²) in [6.07, 6.45) is 7.20. The van der Waals surface area contributed by atoms with Crippen molar-refractivity contribution in [2.24, 2.45) is 11.8 Å². The molecule has 1 rings (SSSR count). The van der Waals surface area contributed by atoms with Gasteiger partial charge in [0.05, 0.1) is 5.69 Å². The topological polar surface area (TPSA) is 42.7 Å². The summed E-state index contributed by atoms with van der Waals surface area (Å²) in [7, 11) is 0. The van der Waals surface area contributed by atoms with E-state index < -0.39 is 0 Å². The largest absolute Gasteiger partial charge is 0.311 e. The highest BCUT2D eigenvalue weighted by Crippen LogP contribution is 2.14. The van der Waals surface area contributed by atoms with E-state index in [2.05, 4.69) is 49.5 Å². The summed E-state index contributed by atoms with van der Waals surface area (Å²) in [4.78, 5) is 0. The molecule has 0 aliphatic heterocycles. The van der Waals surface area contributed by atoms with Gasteiger partial charge >= 0.3 is 0 Å². The van der Waals surface area contributed by atoms with Gasteiger partial charge in [-0.3, -0.25) is 4.68 Å². The van der Waals surface area contributed by atoms with E-state index in [1.807, 2.05) is 4.68 Å². The van der Waals surface area contributed by atoms with Crippen LogP contribution < -0.4 is 5.32 Å². The molecule has 0 radical (unpaired) electrons. The van der Waals surface area contributed by atoms with Crippen molar-refractivity contribution in [1.29, 1.82) is 0 Å². The minimum absolute atomic E-state index is 0.675. The van der Waals surface area contributed by atoms with Crippen molar-refractivity contribution in [3.63, 3.8) is 0 Å². The second-order valence-corrected chi connectivity index (χ2v) is 5.87. The average Bonchev–Trinajstić information content (AvgIpc) is 2.81. The van der Waals surface area contributed by atoms with Crippen LogP contribution in [0.1, 0.15) is 59.1 Å². The molecule has 0 spiro atoms. The summed E-state index contributed by atoms with van der Waals surface area (Å²) >= 11 is 0.